The van der Waals surface area contributed by atoms with Crippen molar-refractivity contribution in [2.24, 2.45) is 17.8 Å². The number of aliphatic hydroxyl groups is 3. The Morgan fingerprint density at radius 1 is 0.348 bits per heavy atom. The molecule has 0 rings (SSSR count). The van der Waals surface area contributed by atoms with Crippen LogP contribution in [-0.4, -0.2) is 70.9 Å². The summed E-state index contributed by atoms with van der Waals surface area (Å²) < 4.78 is 17.2. The van der Waals surface area contributed by atoms with Crippen LogP contribution >= 0.6 is 0 Å². The maximum absolute atomic E-state index is 13.2. The van der Waals surface area contributed by atoms with E-state index in [4.69, 9.17) is 14.2 Å². The van der Waals surface area contributed by atoms with Crippen LogP contribution < -0.4 is 0 Å². The summed E-state index contributed by atoms with van der Waals surface area (Å²) in [5.41, 5.74) is 0. The highest BCUT2D eigenvalue weighted by atomic mass is 16.6. The van der Waals surface area contributed by atoms with Crippen molar-refractivity contribution in [2.45, 2.75) is 336 Å². The van der Waals surface area contributed by atoms with Gasteiger partial charge in [0, 0.05) is 19.3 Å². The van der Waals surface area contributed by atoms with Crippen molar-refractivity contribution in [3.8, 4) is 0 Å². The van der Waals surface area contributed by atoms with Crippen molar-refractivity contribution in [3.63, 3.8) is 0 Å². The molecule has 0 radical (unpaired) electrons. The predicted octanol–water partition coefficient (Wildman–Crippen LogP) is 16.4. The Kier molecular flexibility index (Phi) is 48.6. The fourth-order valence-electron chi connectivity index (χ4n) is 9.34. The smallest absolute Gasteiger partial charge is 0.306 e. The summed E-state index contributed by atoms with van der Waals surface area (Å²) in [7, 11) is 0. The van der Waals surface area contributed by atoms with E-state index >= 15 is 0 Å². The van der Waals surface area contributed by atoms with Gasteiger partial charge in [-0.05, 0) is 37.0 Å². The van der Waals surface area contributed by atoms with E-state index in [2.05, 4.69) is 41.5 Å². The molecule has 0 aliphatic rings. The Balaban J connectivity index is 4.96. The third kappa shape index (κ3) is 47.1. The normalized spacial score (nSPS) is 13.6. The van der Waals surface area contributed by atoms with Crippen molar-refractivity contribution in [2.75, 3.05) is 13.2 Å². The molecule has 9 nitrogen and oxygen atoms in total. The lowest BCUT2D eigenvalue weighted by molar-refractivity contribution is -0.193. The maximum atomic E-state index is 13.2. The molecule has 0 aromatic carbocycles. The van der Waals surface area contributed by atoms with Gasteiger partial charge in [0.25, 0.3) is 0 Å². The first-order valence-electron chi connectivity index (χ1n) is 29.9. The molecule has 3 N–H and O–H groups in total. The van der Waals surface area contributed by atoms with Gasteiger partial charge in [-0.3, -0.25) is 14.4 Å². The van der Waals surface area contributed by atoms with Gasteiger partial charge in [-0.2, -0.15) is 0 Å². The lowest BCUT2D eigenvalue weighted by Crippen LogP contribution is -2.51. The molecule has 0 aromatic heterocycles. The minimum atomic E-state index is -1.75. The summed E-state index contributed by atoms with van der Waals surface area (Å²) in [5.74, 6) is 0.818. The zero-order chi connectivity index (χ0) is 51.0. The largest absolute Gasteiger partial charge is 0.462 e. The highest BCUT2D eigenvalue weighted by Crippen LogP contribution is 2.21. The predicted molar refractivity (Wildman–Crippen MR) is 288 cm³/mol. The number of rotatable bonds is 53. The van der Waals surface area contributed by atoms with E-state index in [1.165, 1.54) is 173 Å². The van der Waals surface area contributed by atoms with Crippen LogP contribution in [0, 0.1) is 17.8 Å². The summed E-state index contributed by atoms with van der Waals surface area (Å²) >= 11 is 0. The molecular weight excluding hydrogens is 865 g/mol. The monoisotopic (exact) mass is 981 g/mol. The molecular formula is C60H116O9. The summed E-state index contributed by atoms with van der Waals surface area (Å²) in [4.78, 5) is 39.4. The van der Waals surface area contributed by atoms with Gasteiger partial charge in [0.15, 0.2) is 12.2 Å². The quantitative estimate of drug-likeness (QED) is 0.0309. The van der Waals surface area contributed by atoms with Crippen LogP contribution in [0.4, 0.5) is 0 Å². The molecule has 0 heterocycles. The molecule has 0 bridgehead atoms. The van der Waals surface area contributed by atoms with Crippen LogP contribution in [0.1, 0.15) is 311 Å². The van der Waals surface area contributed by atoms with E-state index in [1.54, 1.807) is 0 Å². The van der Waals surface area contributed by atoms with Gasteiger partial charge < -0.3 is 29.5 Å². The standard InChI is InChI=1S/C60H116O9/c1-51(2)43-37-31-25-19-13-7-10-16-22-28-34-40-46-56(63)67-50-55(68-57(64)47-41-35-29-23-17-11-8-14-20-26-32-38-44-52(3)4)60(59(66)54(62)49-61)69-58(65)48-42-36-30-24-18-12-9-15-21-27-33-39-45-53(5)6/h51-55,59-62,66H,7-50H2,1-6H3/t54-,55+,59-,60-/m1/s1. The van der Waals surface area contributed by atoms with Crippen LogP contribution in [0.25, 0.3) is 0 Å². The number of aliphatic hydroxyl groups excluding tert-OH is 3. The molecule has 0 aliphatic carbocycles. The topological polar surface area (TPSA) is 140 Å². The summed E-state index contributed by atoms with van der Waals surface area (Å²) in [5, 5.41) is 31.4. The Morgan fingerprint density at radius 2 is 0.594 bits per heavy atom. The third-order valence-electron chi connectivity index (χ3n) is 14.0. The second kappa shape index (κ2) is 49.9. The molecule has 0 aliphatic heterocycles. The van der Waals surface area contributed by atoms with Crippen LogP contribution in [0.3, 0.4) is 0 Å². The summed E-state index contributed by atoms with van der Waals surface area (Å²) in [6.07, 6.45) is 40.5. The van der Waals surface area contributed by atoms with Crippen LogP contribution in [0.15, 0.2) is 0 Å². The molecule has 69 heavy (non-hydrogen) atoms. The van der Waals surface area contributed by atoms with E-state index in [1.807, 2.05) is 0 Å². The molecule has 4 atom stereocenters. The summed E-state index contributed by atoms with van der Waals surface area (Å²) in [6, 6.07) is 0. The van der Waals surface area contributed by atoms with Crippen LogP contribution in [0.5, 0.6) is 0 Å². The minimum absolute atomic E-state index is 0.104. The van der Waals surface area contributed by atoms with Crippen molar-refractivity contribution in [1.82, 2.24) is 0 Å². The van der Waals surface area contributed by atoms with Gasteiger partial charge in [0.1, 0.15) is 18.8 Å². The van der Waals surface area contributed by atoms with Crippen LogP contribution in [0.2, 0.25) is 0 Å². The fraction of sp³-hybridized carbons (Fsp3) is 0.950. The minimum Gasteiger partial charge on any atom is -0.462 e. The number of unbranched alkanes of at least 4 members (excludes halogenated alkanes) is 33. The summed E-state index contributed by atoms with van der Waals surface area (Å²) in [6.45, 7) is 12.6. The molecule has 0 saturated carbocycles. The Morgan fingerprint density at radius 3 is 0.870 bits per heavy atom. The third-order valence-corrected chi connectivity index (χ3v) is 14.0. The number of hydrogen-bond donors (Lipinski definition) is 3. The molecule has 0 saturated heterocycles. The first-order valence-corrected chi connectivity index (χ1v) is 29.9. The Hall–Kier alpha value is -1.71. The average molecular weight is 982 g/mol. The average Bonchev–Trinajstić information content (AvgIpc) is 3.31. The number of carbonyl (C=O) groups excluding carboxylic acids is 3. The van der Waals surface area contributed by atoms with Crippen molar-refractivity contribution in [3.05, 3.63) is 0 Å². The van der Waals surface area contributed by atoms with Crippen LogP contribution in [-0.2, 0) is 28.6 Å². The first kappa shape index (κ1) is 67.3. The number of ether oxygens (including phenoxy) is 3. The highest BCUT2D eigenvalue weighted by Gasteiger charge is 2.39. The molecule has 0 unspecified atom stereocenters. The van der Waals surface area contributed by atoms with E-state index in [0.29, 0.717) is 19.3 Å². The zero-order valence-electron chi connectivity index (χ0n) is 46.4. The lowest BCUT2D eigenvalue weighted by Gasteiger charge is -2.31. The van der Waals surface area contributed by atoms with E-state index in [-0.39, 0.29) is 19.3 Å². The number of carbonyl (C=O) groups is 3. The molecule has 0 fully saturated rings. The highest BCUT2D eigenvalue weighted by molar-refractivity contribution is 5.71. The van der Waals surface area contributed by atoms with E-state index in [0.717, 1.165) is 75.5 Å². The van der Waals surface area contributed by atoms with Gasteiger partial charge in [-0.25, -0.2) is 0 Å². The van der Waals surface area contributed by atoms with Crippen molar-refractivity contribution in [1.29, 1.82) is 0 Å². The molecule has 0 amide bonds. The van der Waals surface area contributed by atoms with Crippen molar-refractivity contribution >= 4 is 17.9 Å². The van der Waals surface area contributed by atoms with Crippen molar-refractivity contribution < 1.29 is 43.9 Å². The molecule has 410 valence electrons. The van der Waals surface area contributed by atoms with Gasteiger partial charge in [0.2, 0.25) is 0 Å². The van der Waals surface area contributed by atoms with Gasteiger partial charge >= 0.3 is 17.9 Å². The van der Waals surface area contributed by atoms with Gasteiger partial charge in [-0.15, -0.1) is 0 Å². The second-order valence-electron chi connectivity index (χ2n) is 22.4. The maximum Gasteiger partial charge on any atom is 0.306 e. The van der Waals surface area contributed by atoms with Gasteiger partial charge in [0.05, 0.1) is 6.61 Å². The van der Waals surface area contributed by atoms with E-state index in [9.17, 15) is 29.7 Å². The molecule has 0 spiro atoms. The number of esters is 3. The lowest BCUT2D eigenvalue weighted by atomic mass is 10.0. The molecule has 0 aromatic rings. The Bertz CT molecular complexity index is 1130. The molecule has 9 heteroatoms. The Labute approximate surface area is 426 Å². The van der Waals surface area contributed by atoms with E-state index < -0.39 is 55.5 Å². The fourth-order valence-corrected chi connectivity index (χ4v) is 9.34. The number of hydrogen-bond acceptors (Lipinski definition) is 9. The second-order valence-corrected chi connectivity index (χ2v) is 22.4. The zero-order valence-corrected chi connectivity index (χ0v) is 46.4. The van der Waals surface area contributed by atoms with Gasteiger partial charge in [-0.1, -0.05) is 273 Å². The first-order chi connectivity index (χ1) is 33.4. The SMILES string of the molecule is CC(C)CCCCCCCCCCCCCCC(=O)OC[C@H](OC(=O)CCCCCCCCCCCCCCC(C)C)[C@@H](OC(=O)CCCCCCCCCCCCCCC(C)C)[C@H](O)[C@H](O)CO.